The van der Waals surface area contributed by atoms with Gasteiger partial charge in [0, 0.05) is 34.2 Å². The number of nitrogens with one attached hydrogen (secondary N) is 2. The molecule has 0 unspecified atom stereocenters. The number of hydrogen-bond acceptors (Lipinski definition) is 3. The average Bonchev–Trinajstić information content (AvgIpc) is 2.74. The largest absolute Gasteiger partial charge is 0.376 e. The number of benzene rings is 3. The highest BCUT2D eigenvalue weighted by molar-refractivity contribution is 6.30. The second-order valence-corrected chi connectivity index (χ2v) is 6.81. The van der Waals surface area contributed by atoms with E-state index in [1.165, 1.54) is 0 Å². The van der Waals surface area contributed by atoms with Crippen molar-refractivity contribution in [2.45, 2.75) is 6.92 Å². The maximum atomic E-state index is 12.9. The number of hydrogen-bond donors (Lipinski definition) is 2. The van der Waals surface area contributed by atoms with Crippen molar-refractivity contribution in [3.63, 3.8) is 0 Å². The van der Waals surface area contributed by atoms with Crippen molar-refractivity contribution >= 4 is 40.5 Å². The van der Waals surface area contributed by atoms with Crippen molar-refractivity contribution in [2.24, 2.45) is 0 Å². The molecule has 0 heterocycles. The lowest BCUT2D eigenvalue weighted by Gasteiger charge is -2.21. The standard InChI is InChI=1S/C23H22ClN3O2/c1-2-27(21-12-4-3-5-13-21)23(29)17-8-6-10-19(14-17)25-16-22(28)26-20-11-7-9-18(24)15-20/h3-15,25H,2,16H2,1H3,(H,26,28). The summed E-state index contributed by atoms with van der Waals surface area (Å²) >= 11 is 5.93. The van der Waals surface area contributed by atoms with E-state index in [0.717, 1.165) is 5.69 Å². The number of para-hydroxylation sites is 1. The van der Waals surface area contributed by atoms with Gasteiger partial charge in [0.05, 0.1) is 6.54 Å². The molecule has 148 valence electrons. The predicted octanol–water partition coefficient (Wildman–Crippen LogP) is 5.06. The van der Waals surface area contributed by atoms with Gasteiger partial charge < -0.3 is 15.5 Å². The van der Waals surface area contributed by atoms with Crippen LogP contribution in [0.25, 0.3) is 0 Å². The van der Waals surface area contributed by atoms with Crippen LogP contribution in [0.1, 0.15) is 17.3 Å². The number of amides is 2. The predicted molar refractivity (Wildman–Crippen MR) is 119 cm³/mol. The van der Waals surface area contributed by atoms with Crippen molar-refractivity contribution in [2.75, 3.05) is 28.6 Å². The summed E-state index contributed by atoms with van der Waals surface area (Å²) in [7, 11) is 0. The van der Waals surface area contributed by atoms with Gasteiger partial charge in [0.1, 0.15) is 0 Å². The lowest BCUT2D eigenvalue weighted by Crippen LogP contribution is -2.30. The second kappa shape index (κ2) is 9.75. The molecule has 3 aromatic rings. The molecule has 0 aromatic heterocycles. The van der Waals surface area contributed by atoms with Crippen LogP contribution in [0.3, 0.4) is 0 Å². The third kappa shape index (κ3) is 5.59. The molecule has 3 aromatic carbocycles. The highest BCUT2D eigenvalue weighted by atomic mass is 35.5. The second-order valence-electron chi connectivity index (χ2n) is 6.38. The van der Waals surface area contributed by atoms with Gasteiger partial charge in [0.2, 0.25) is 5.91 Å². The Morgan fingerprint density at radius 2 is 1.62 bits per heavy atom. The van der Waals surface area contributed by atoms with Crippen LogP contribution in [0.2, 0.25) is 5.02 Å². The smallest absolute Gasteiger partial charge is 0.258 e. The summed E-state index contributed by atoms with van der Waals surface area (Å²) in [6.45, 7) is 2.57. The van der Waals surface area contributed by atoms with E-state index in [9.17, 15) is 9.59 Å². The van der Waals surface area contributed by atoms with Crippen molar-refractivity contribution in [3.8, 4) is 0 Å². The number of carbonyl (C=O) groups excluding carboxylic acids is 2. The minimum atomic E-state index is -0.205. The van der Waals surface area contributed by atoms with Crippen LogP contribution < -0.4 is 15.5 Å². The van der Waals surface area contributed by atoms with E-state index in [-0.39, 0.29) is 18.4 Å². The first-order valence-electron chi connectivity index (χ1n) is 9.33. The summed E-state index contributed by atoms with van der Waals surface area (Å²) < 4.78 is 0. The molecular formula is C23H22ClN3O2. The SMILES string of the molecule is CCN(C(=O)c1cccc(NCC(=O)Nc2cccc(Cl)c2)c1)c1ccccc1. The molecule has 5 nitrogen and oxygen atoms in total. The Hall–Kier alpha value is -3.31. The molecule has 6 heteroatoms. The van der Waals surface area contributed by atoms with Gasteiger partial charge in [-0.1, -0.05) is 41.9 Å². The lowest BCUT2D eigenvalue weighted by molar-refractivity contribution is -0.114. The quantitative estimate of drug-likeness (QED) is 0.575. The van der Waals surface area contributed by atoms with Crippen LogP contribution in [-0.2, 0) is 4.79 Å². The molecule has 0 bridgehead atoms. The molecule has 0 aliphatic carbocycles. The average molecular weight is 408 g/mol. The van der Waals surface area contributed by atoms with E-state index < -0.39 is 0 Å². The summed E-state index contributed by atoms with van der Waals surface area (Å²) in [5.41, 5.74) is 2.73. The van der Waals surface area contributed by atoms with E-state index in [1.807, 2.05) is 43.3 Å². The highest BCUT2D eigenvalue weighted by Crippen LogP contribution is 2.19. The molecule has 2 amide bonds. The third-order valence-electron chi connectivity index (χ3n) is 4.30. The Morgan fingerprint density at radius 3 is 2.34 bits per heavy atom. The van der Waals surface area contributed by atoms with E-state index in [1.54, 1.807) is 47.4 Å². The first-order chi connectivity index (χ1) is 14.1. The minimum absolute atomic E-state index is 0.0698. The molecule has 0 aliphatic heterocycles. The van der Waals surface area contributed by atoms with Crippen molar-refractivity contribution < 1.29 is 9.59 Å². The Bertz CT molecular complexity index is 992. The van der Waals surface area contributed by atoms with Gasteiger partial charge in [-0.25, -0.2) is 0 Å². The maximum Gasteiger partial charge on any atom is 0.258 e. The highest BCUT2D eigenvalue weighted by Gasteiger charge is 2.16. The van der Waals surface area contributed by atoms with E-state index in [4.69, 9.17) is 11.6 Å². The number of anilines is 3. The molecule has 2 N–H and O–H groups in total. The van der Waals surface area contributed by atoms with Crippen LogP contribution in [0.15, 0.2) is 78.9 Å². The zero-order valence-electron chi connectivity index (χ0n) is 16.1. The summed E-state index contributed by atoms with van der Waals surface area (Å²) in [6, 6.07) is 23.6. The van der Waals surface area contributed by atoms with E-state index >= 15 is 0 Å². The summed E-state index contributed by atoms with van der Waals surface area (Å²) in [6.07, 6.45) is 0. The number of halogens is 1. The topological polar surface area (TPSA) is 61.4 Å². The molecule has 0 saturated heterocycles. The molecule has 29 heavy (non-hydrogen) atoms. The van der Waals surface area contributed by atoms with Crippen molar-refractivity contribution in [3.05, 3.63) is 89.4 Å². The third-order valence-corrected chi connectivity index (χ3v) is 4.54. The molecule has 0 spiro atoms. The molecule has 0 atom stereocenters. The van der Waals surface area contributed by atoms with Crippen LogP contribution in [0, 0.1) is 0 Å². The molecule has 3 rings (SSSR count). The summed E-state index contributed by atoms with van der Waals surface area (Å²) in [5, 5.41) is 6.39. The Morgan fingerprint density at radius 1 is 0.897 bits per heavy atom. The lowest BCUT2D eigenvalue weighted by atomic mass is 10.1. The molecular weight excluding hydrogens is 386 g/mol. The minimum Gasteiger partial charge on any atom is -0.376 e. The zero-order chi connectivity index (χ0) is 20.6. The number of nitrogens with zero attached hydrogens (tertiary/aromatic N) is 1. The Balaban J connectivity index is 1.64. The van der Waals surface area contributed by atoms with Gasteiger partial charge in [-0.15, -0.1) is 0 Å². The first kappa shape index (κ1) is 20.4. The Kier molecular flexibility index (Phi) is 6.87. The normalized spacial score (nSPS) is 10.3. The monoisotopic (exact) mass is 407 g/mol. The van der Waals surface area contributed by atoms with Crippen LogP contribution in [0.4, 0.5) is 17.1 Å². The maximum absolute atomic E-state index is 12.9. The first-order valence-corrected chi connectivity index (χ1v) is 9.71. The van der Waals surface area contributed by atoms with Gasteiger partial charge >= 0.3 is 0 Å². The fraction of sp³-hybridized carbons (Fsp3) is 0.130. The molecule has 0 radical (unpaired) electrons. The van der Waals surface area contributed by atoms with E-state index in [0.29, 0.717) is 28.5 Å². The molecule has 0 aliphatic rings. The summed E-state index contributed by atoms with van der Waals surface area (Å²) in [4.78, 5) is 26.8. The molecule has 0 saturated carbocycles. The van der Waals surface area contributed by atoms with Crippen molar-refractivity contribution in [1.82, 2.24) is 0 Å². The number of rotatable bonds is 7. The van der Waals surface area contributed by atoms with Gasteiger partial charge in [-0.05, 0) is 55.5 Å². The van der Waals surface area contributed by atoms with Gasteiger partial charge in [0.15, 0.2) is 0 Å². The van der Waals surface area contributed by atoms with E-state index in [2.05, 4.69) is 10.6 Å². The van der Waals surface area contributed by atoms with Gasteiger partial charge in [-0.2, -0.15) is 0 Å². The van der Waals surface area contributed by atoms with Gasteiger partial charge in [0.25, 0.3) is 5.91 Å². The fourth-order valence-electron chi connectivity index (χ4n) is 2.92. The summed E-state index contributed by atoms with van der Waals surface area (Å²) in [5.74, 6) is -0.297. The van der Waals surface area contributed by atoms with Crippen molar-refractivity contribution in [1.29, 1.82) is 0 Å². The zero-order valence-corrected chi connectivity index (χ0v) is 16.8. The van der Waals surface area contributed by atoms with Gasteiger partial charge in [-0.3, -0.25) is 9.59 Å². The fourth-order valence-corrected chi connectivity index (χ4v) is 3.11. The molecule has 0 fully saturated rings. The Labute approximate surface area is 175 Å². The number of carbonyl (C=O) groups is 2. The van der Waals surface area contributed by atoms with Crippen LogP contribution >= 0.6 is 11.6 Å². The van der Waals surface area contributed by atoms with Crippen LogP contribution in [-0.4, -0.2) is 24.9 Å². The van der Waals surface area contributed by atoms with Crippen LogP contribution in [0.5, 0.6) is 0 Å².